The SMILES string of the molecule is CCOC(=O)c1ccc(N2CCN(C(=S)NC(=O)/C=C/c3ccc(-c4ccc(Cl)cc4)o3)CC2)c([N+](=O)[O-])c1. The number of ether oxygens (including phenoxy) is 1. The van der Waals surface area contributed by atoms with E-state index in [-0.39, 0.29) is 23.0 Å². The number of amides is 1. The number of nitro groups is 1. The Morgan fingerprint density at radius 3 is 2.51 bits per heavy atom. The van der Waals surface area contributed by atoms with Crippen LogP contribution < -0.4 is 10.2 Å². The monoisotopic (exact) mass is 568 g/mol. The first-order valence-electron chi connectivity index (χ1n) is 12.1. The molecule has 1 aromatic heterocycles. The molecule has 12 heteroatoms. The molecule has 10 nitrogen and oxygen atoms in total. The molecule has 0 aliphatic carbocycles. The number of nitro benzene ring substituents is 1. The van der Waals surface area contributed by atoms with Crippen molar-refractivity contribution in [2.24, 2.45) is 0 Å². The smallest absolute Gasteiger partial charge is 0.338 e. The van der Waals surface area contributed by atoms with Gasteiger partial charge in [0, 0.05) is 48.9 Å². The maximum Gasteiger partial charge on any atom is 0.338 e. The highest BCUT2D eigenvalue weighted by Gasteiger charge is 2.26. The number of thiocarbonyl (C=S) groups is 1. The molecule has 0 bridgehead atoms. The number of hydrogen-bond donors (Lipinski definition) is 1. The van der Waals surface area contributed by atoms with Gasteiger partial charge in [0.25, 0.3) is 5.69 Å². The van der Waals surface area contributed by atoms with Gasteiger partial charge in [0.15, 0.2) is 5.11 Å². The van der Waals surface area contributed by atoms with Crippen molar-refractivity contribution >= 4 is 58.3 Å². The van der Waals surface area contributed by atoms with E-state index in [2.05, 4.69) is 5.32 Å². The van der Waals surface area contributed by atoms with Crippen LogP contribution in [0, 0.1) is 10.1 Å². The van der Waals surface area contributed by atoms with Crippen LogP contribution in [-0.4, -0.2) is 59.6 Å². The maximum absolute atomic E-state index is 12.4. The zero-order chi connectivity index (χ0) is 27.9. The first kappa shape index (κ1) is 27.8. The molecule has 0 spiro atoms. The molecule has 0 atom stereocenters. The Balaban J connectivity index is 1.31. The molecule has 1 N–H and O–H groups in total. The second-order valence-electron chi connectivity index (χ2n) is 8.49. The number of esters is 1. The van der Waals surface area contributed by atoms with Crippen molar-refractivity contribution in [3.05, 3.63) is 87.1 Å². The normalized spacial score (nSPS) is 13.4. The molecule has 39 heavy (non-hydrogen) atoms. The third kappa shape index (κ3) is 7.01. The fraction of sp³-hybridized carbons (Fsp3) is 0.222. The van der Waals surface area contributed by atoms with E-state index < -0.39 is 16.8 Å². The second-order valence-corrected chi connectivity index (χ2v) is 9.31. The molecule has 4 rings (SSSR count). The van der Waals surface area contributed by atoms with Crippen molar-refractivity contribution in [1.29, 1.82) is 0 Å². The first-order chi connectivity index (χ1) is 18.7. The molecule has 0 unspecified atom stereocenters. The molecule has 1 saturated heterocycles. The summed E-state index contributed by atoms with van der Waals surface area (Å²) in [5.74, 6) is 0.138. The number of hydrogen-bond acceptors (Lipinski definition) is 8. The van der Waals surface area contributed by atoms with Gasteiger partial charge in [0.05, 0.1) is 17.1 Å². The number of benzene rings is 2. The number of furan rings is 1. The molecule has 2 heterocycles. The Hall–Kier alpha value is -4.22. The Bertz CT molecular complexity index is 1410. The Kier molecular flexibility index (Phi) is 8.95. The molecule has 3 aromatic rings. The standard InChI is InChI=1S/C27H25ClN4O6S/c1-2-37-26(34)19-5-10-22(23(17-19)32(35)36)30-13-15-31(16-14-30)27(39)29-25(33)12-9-21-8-11-24(38-21)18-3-6-20(28)7-4-18/h3-12,17H,2,13-16H2,1H3,(H,29,33,39)/b12-9+. The Morgan fingerprint density at radius 2 is 1.85 bits per heavy atom. The van der Waals surface area contributed by atoms with Crippen LogP contribution in [0.3, 0.4) is 0 Å². The summed E-state index contributed by atoms with van der Waals surface area (Å²) >= 11 is 11.3. The number of piperazine rings is 1. The number of anilines is 1. The summed E-state index contributed by atoms with van der Waals surface area (Å²) in [4.78, 5) is 39.2. The lowest BCUT2D eigenvalue weighted by Gasteiger charge is -2.36. The van der Waals surface area contributed by atoms with Crippen molar-refractivity contribution in [3.8, 4) is 11.3 Å². The van der Waals surface area contributed by atoms with Crippen LogP contribution in [0.2, 0.25) is 5.02 Å². The number of carbonyl (C=O) groups excluding carboxylic acids is 2. The van der Waals surface area contributed by atoms with Crippen LogP contribution in [0.1, 0.15) is 23.0 Å². The Morgan fingerprint density at radius 1 is 1.13 bits per heavy atom. The van der Waals surface area contributed by atoms with Gasteiger partial charge in [-0.1, -0.05) is 11.6 Å². The quantitative estimate of drug-likeness (QED) is 0.139. The lowest BCUT2D eigenvalue weighted by atomic mass is 10.1. The largest absolute Gasteiger partial charge is 0.462 e. The molecule has 0 saturated carbocycles. The lowest BCUT2D eigenvalue weighted by Crippen LogP contribution is -2.52. The van der Waals surface area contributed by atoms with Crippen LogP contribution in [0.25, 0.3) is 17.4 Å². The van der Waals surface area contributed by atoms with E-state index in [0.29, 0.717) is 48.4 Å². The van der Waals surface area contributed by atoms with Gasteiger partial charge in [-0.05, 0) is 73.7 Å². The third-order valence-corrected chi connectivity index (χ3v) is 6.59. The fourth-order valence-electron chi connectivity index (χ4n) is 4.02. The molecule has 1 amide bonds. The fourth-order valence-corrected chi connectivity index (χ4v) is 4.43. The number of nitrogens with one attached hydrogen (secondary N) is 1. The van der Waals surface area contributed by atoms with E-state index in [1.165, 1.54) is 18.2 Å². The van der Waals surface area contributed by atoms with Gasteiger partial charge in [-0.2, -0.15) is 0 Å². The van der Waals surface area contributed by atoms with Crippen molar-refractivity contribution in [1.82, 2.24) is 10.2 Å². The minimum absolute atomic E-state index is 0.124. The van der Waals surface area contributed by atoms with Gasteiger partial charge in [-0.15, -0.1) is 0 Å². The van der Waals surface area contributed by atoms with Crippen LogP contribution >= 0.6 is 23.8 Å². The summed E-state index contributed by atoms with van der Waals surface area (Å²) in [6.07, 6.45) is 2.88. The van der Waals surface area contributed by atoms with Gasteiger partial charge >= 0.3 is 5.97 Å². The number of halogens is 1. The zero-order valence-corrected chi connectivity index (χ0v) is 22.5. The lowest BCUT2D eigenvalue weighted by molar-refractivity contribution is -0.384. The van der Waals surface area contributed by atoms with E-state index in [1.54, 1.807) is 43.3 Å². The van der Waals surface area contributed by atoms with E-state index in [0.717, 1.165) is 5.56 Å². The first-order valence-corrected chi connectivity index (χ1v) is 12.9. The molecular formula is C27H25ClN4O6S. The maximum atomic E-state index is 12.4. The minimum Gasteiger partial charge on any atom is -0.462 e. The summed E-state index contributed by atoms with van der Waals surface area (Å²) in [5, 5.41) is 15.2. The predicted octanol–water partition coefficient (Wildman–Crippen LogP) is 4.92. The molecule has 202 valence electrons. The van der Waals surface area contributed by atoms with E-state index in [1.807, 2.05) is 21.9 Å². The van der Waals surface area contributed by atoms with Crippen LogP contribution in [0.4, 0.5) is 11.4 Å². The number of nitrogens with zero attached hydrogens (tertiary/aromatic N) is 3. The summed E-state index contributed by atoms with van der Waals surface area (Å²) in [7, 11) is 0. The molecule has 1 aliphatic rings. The predicted molar refractivity (Wildman–Crippen MR) is 152 cm³/mol. The topological polar surface area (TPSA) is 118 Å². The zero-order valence-electron chi connectivity index (χ0n) is 21.0. The summed E-state index contributed by atoms with van der Waals surface area (Å²) in [5.41, 5.74) is 1.22. The van der Waals surface area contributed by atoms with Crippen molar-refractivity contribution in [2.75, 3.05) is 37.7 Å². The molecule has 1 aliphatic heterocycles. The highest BCUT2D eigenvalue weighted by atomic mass is 35.5. The van der Waals surface area contributed by atoms with E-state index in [9.17, 15) is 19.7 Å². The van der Waals surface area contributed by atoms with Gasteiger partial charge in [0.2, 0.25) is 5.91 Å². The number of carbonyl (C=O) groups is 2. The van der Waals surface area contributed by atoms with Gasteiger partial charge < -0.3 is 19.0 Å². The molecule has 1 fully saturated rings. The second kappa shape index (κ2) is 12.5. The van der Waals surface area contributed by atoms with Gasteiger partial charge in [0.1, 0.15) is 17.2 Å². The highest BCUT2D eigenvalue weighted by molar-refractivity contribution is 7.80. The van der Waals surface area contributed by atoms with Crippen molar-refractivity contribution < 1.29 is 23.7 Å². The minimum atomic E-state index is -0.610. The summed E-state index contributed by atoms with van der Waals surface area (Å²) < 4.78 is 10.7. The number of rotatable bonds is 7. The summed E-state index contributed by atoms with van der Waals surface area (Å²) in [6.45, 7) is 3.61. The third-order valence-electron chi connectivity index (χ3n) is 5.98. The van der Waals surface area contributed by atoms with Crippen molar-refractivity contribution in [2.45, 2.75) is 6.92 Å². The Labute approximate surface area is 234 Å². The van der Waals surface area contributed by atoms with Gasteiger partial charge in [-0.3, -0.25) is 20.2 Å². The van der Waals surface area contributed by atoms with Crippen LogP contribution in [0.5, 0.6) is 0 Å². The highest BCUT2D eigenvalue weighted by Crippen LogP contribution is 2.30. The van der Waals surface area contributed by atoms with Crippen molar-refractivity contribution in [3.63, 3.8) is 0 Å². The van der Waals surface area contributed by atoms with Crippen LogP contribution in [-0.2, 0) is 9.53 Å². The average molecular weight is 569 g/mol. The van der Waals surface area contributed by atoms with E-state index >= 15 is 0 Å². The van der Waals surface area contributed by atoms with E-state index in [4.69, 9.17) is 33.0 Å². The molecule has 2 aromatic carbocycles. The average Bonchev–Trinajstić information content (AvgIpc) is 3.41. The molecule has 0 radical (unpaired) electrons. The summed E-state index contributed by atoms with van der Waals surface area (Å²) in [6, 6.07) is 15.1. The van der Waals surface area contributed by atoms with Crippen LogP contribution in [0.15, 0.2) is 65.1 Å². The van der Waals surface area contributed by atoms with Gasteiger partial charge in [-0.25, -0.2) is 4.79 Å². The molecular weight excluding hydrogens is 544 g/mol.